The lowest BCUT2D eigenvalue weighted by Crippen LogP contribution is -2.41. The molecule has 0 aromatic heterocycles. The first-order valence-corrected chi connectivity index (χ1v) is 6.65. The average Bonchev–Trinajstić information content (AvgIpc) is 3.13. The topological polar surface area (TPSA) is 55.1 Å². The van der Waals surface area contributed by atoms with E-state index in [4.69, 9.17) is 5.73 Å². The summed E-state index contributed by atoms with van der Waals surface area (Å²) in [6, 6.07) is 4.50. The zero-order valence-electron chi connectivity index (χ0n) is 9.25. The number of hydrogen-bond donors (Lipinski definition) is 2. The van der Waals surface area contributed by atoms with Gasteiger partial charge in [-0.3, -0.25) is 4.79 Å². The summed E-state index contributed by atoms with van der Waals surface area (Å²) in [5.41, 5.74) is 5.95. The number of carbonyl (C=O) groups excluding carboxylic acids is 1. The Balaban J connectivity index is 2.05. The number of halogens is 2. The molecule has 3 nitrogen and oxygen atoms in total. The molecule has 1 amide bonds. The Hall–Kier alpha value is -0.690. The number of nitrogens with two attached hydrogens (primary N) is 1. The molecule has 2 rings (SSSR count). The average molecular weight is 348 g/mol. The van der Waals surface area contributed by atoms with Gasteiger partial charge in [0.1, 0.15) is 5.82 Å². The summed E-state index contributed by atoms with van der Waals surface area (Å²) in [6.07, 6.45) is 2.23. The van der Waals surface area contributed by atoms with Crippen LogP contribution >= 0.6 is 22.6 Å². The predicted molar refractivity (Wildman–Crippen MR) is 72.1 cm³/mol. The van der Waals surface area contributed by atoms with Gasteiger partial charge in [0.2, 0.25) is 0 Å². The smallest absolute Gasteiger partial charge is 0.251 e. The van der Waals surface area contributed by atoms with E-state index in [1.807, 2.05) is 22.6 Å². The van der Waals surface area contributed by atoms with Crippen LogP contribution in [0.1, 0.15) is 23.2 Å². The van der Waals surface area contributed by atoms with E-state index in [2.05, 4.69) is 5.32 Å². The van der Waals surface area contributed by atoms with E-state index in [-0.39, 0.29) is 17.8 Å². The zero-order valence-corrected chi connectivity index (χ0v) is 11.4. The largest absolute Gasteiger partial charge is 0.348 e. The second-order valence-electron chi connectivity index (χ2n) is 4.28. The molecule has 1 aliphatic carbocycles. The molecule has 1 aromatic rings. The van der Waals surface area contributed by atoms with Gasteiger partial charge < -0.3 is 11.1 Å². The Labute approximate surface area is 113 Å². The van der Waals surface area contributed by atoms with Crippen molar-refractivity contribution >= 4 is 28.5 Å². The van der Waals surface area contributed by atoms with Crippen LogP contribution in [0.2, 0.25) is 0 Å². The molecule has 0 aliphatic heterocycles. The molecule has 17 heavy (non-hydrogen) atoms. The number of nitrogens with one attached hydrogen (secondary N) is 1. The Morgan fingerprint density at radius 1 is 1.59 bits per heavy atom. The molecule has 1 atom stereocenters. The Bertz CT molecular complexity index is 435. The first kappa shape index (κ1) is 12.8. The van der Waals surface area contributed by atoms with E-state index in [1.54, 1.807) is 12.1 Å². The minimum Gasteiger partial charge on any atom is -0.348 e. The minimum absolute atomic E-state index is 0.0184. The summed E-state index contributed by atoms with van der Waals surface area (Å²) >= 11 is 1.89. The lowest BCUT2D eigenvalue weighted by Gasteiger charge is -2.16. The SMILES string of the molecule is NCC(NC(=O)c1ccc(I)c(F)c1)C1CC1. The highest BCUT2D eigenvalue weighted by Crippen LogP contribution is 2.32. The summed E-state index contributed by atoms with van der Waals surface area (Å²) in [5, 5.41) is 2.86. The monoisotopic (exact) mass is 348 g/mol. The van der Waals surface area contributed by atoms with Crippen molar-refractivity contribution in [3.8, 4) is 0 Å². The van der Waals surface area contributed by atoms with Gasteiger partial charge in [-0.15, -0.1) is 0 Å². The molecule has 0 saturated heterocycles. The highest BCUT2D eigenvalue weighted by Gasteiger charge is 2.31. The molecule has 0 heterocycles. The number of hydrogen-bond acceptors (Lipinski definition) is 2. The fourth-order valence-electron chi connectivity index (χ4n) is 1.76. The van der Waals surface area contributed by atoms with Crippen molar-refractivity contribution in [3.63, 3.8) is 0 Å². The molecule has 1 fully saturated rings. The van der Waals surface area contributed by atoms with Gasteiger partial charge in [-0.2, -0.15) is 0 Å². The van der Waals surface area contributed by atoms with Gasteiger partial charge in [0.05, 0.1) is 0 Å². The maximum atomic E-state index is 13.3. The van der Waals surface area contributed by atoms with E-state index in [0.29, 0.717) is 21.6 Å². The second kappa shape index (κ2) is 5.30. The van der Waals surface area contributed by atoms with E-state index in [1.165, 1.54) is 6.07 Å². The van der Waals surface area contributed by atoms with Gasteiger partial charge in [-0.1, -0.05) is 0 Å². The first-order chi connectivity index (χ1) is 8.11. The van der Waals surface area contributed by atoms with Crippen LogP contribution in [0.15, 0.2) is 18.2 Å². The summed E-state index contributed by atoms with van der Waals surface area (Å²) < 4.78 is 13.8. The third kappa shape index (κ3) is 3.16. The summed E-state index contributed by atoms with van der Waals surface area (Å²) in [6.45, 7) is 0.434. The van der Waals surface area contributed by atoms with Crippen LogP contribution in [0.5, 0.6) is 0 Å². The lowest BCUT2D eigenvalue weighted by molar-refractivity contribution is 0.0933. The fraction of sp³-hybridized carbons (Fsp3) is 0.417. The Morgan fingerprint density at radius 2 is 2.29 bits per heavy atom. The van der Waals surface area contributed by atoms with Gasteiger partial charge in [0.25, 0.3) is 5.91 Å². The van der Waals surface area contributed by atoms with Crippen LogP contribution in [0.4, 0.5) is 4.39 Å². The van der Waals surface area contributed by atoms with Crippen LogP contribution in [0.3, 0.4) is 0 Å². The van der Waals surface area contributed by atoms with Crippen molar-refractivity contribution < 1.29 is 9.18 Å². The third-order valence-corrected chi connectivity index (χ3v) is 3.82. The maximum absolute atomic E-state index is 13.3. The lowest BCUT2D eigenvalue weighted by atomic mass is 10.1. The van der Waals surface area contributed by atoms with Crippen LogP contribution in [-0.2, 0) is 0 Å². The van der Waals surface area contributed by atoms with E-state index < -0.39 is 0 Å². The minimum atomic E-state index is -0.367. The van der Waals surface area contributed by atoms with Crippen LogP contribution < -0.4 is 11.1 Å². The van der Waals surface area contributed by atoms with Crippen molar-refractivity contribution in [2.24, 2.45) is 11.7 Å². The van der Waals surface area contributed by atoms with E-state index in [9.17, 15) is 9.18 Å². The molecule has 0 radical (unpaired) electrons. The van der Waals surface area contributed by atoms with Crippen LogP contribution in [-0.4, -0.2) is 18.5 Å². The standard InChI is InChI=1S/C12H14FIN2O/c13-9-5-8(3-4-10(9)14)12(17)16-11(6-15)7-1-2-7/h3-5,7,11H,1-2,6,15H2,(H,16,17). The van der Waals surface area contributed by atoms with Crippen LogP contribution in [0, 0.1) is 15.3 Å². The highest BCUT2D eigenvalue weighted by atomic mass is 127. The molecule has 1 saturated carbocycles. The van der Waals surface area contributed by atoms with Gasteiger partial charge in [-0.05, 0) is 59.5 Å². The van der Waals surface area contributed by atoms with Gasteiger partial charge in [0, 0.05) is 21.7 Å². The normalized spacial score (nSPS) is 16.6. The Kier molecular flexibility index (Phi) is 3.98. The molecular formula is C12H14FIN2O. The summed E-state index contributed by atoms with van der Waals surface area (Å²) in [4.78, 5) is 11.9. The Morgan fingerprint density at radius 3 is 2.82 bits per heavy atom. The number of carbonyl (C=O) groups is 1. The quantitative estimate of drug-likeness (QED) is 0.817. The van der Waals surface area contributed by atoms with Crippen molar-refractivity contribution in [2.45, 2.75) is 18.9 Å². The number of rotatable bonds is 4. The third-order valence-electron chi connectivity index (χ3n) is 2.94. The molecule has 92 valence electrons. The molecule has 1 aromatic carbocycles. The fourth-order valence-corrected chi connectivity index (χ4v) is 2.09. The molecule has 5 heteroatoms. The van der Waals surface area contributed by atoms with E-state index >= 15 is 0 Å². The summed E-state index contributed by atoms with van der Waals surface area (Å²) in [5.74, 6) is -0.116. The molecule has 1 aliphatic rings. The predicted octanol–water partition coefficient (Wildman–Crippen LogP) is 1.90. The van der Waals surface area contributed by atoms with Crippen molar-refractivity contribution in [3.05, 3.63) is 33.1 Å². The highest BCUT2D eigenvalue weighted by molar-refractivity contribution is 14.1. The van der Waals surface area contributed by atoms with Crippen molar-refractivity contribution in [1.29, 1.82) is 0 Å². The van der Waals surface area contributed by atoms with Crippen LogP contribution in [0.25, 0.3) is 0 Å². The molecular weight excluding hydrogens is 334 g/mol. The van der Waals surface area contributed by atoms with Gasteiger partial charge in [0.15, 0.2) is 0 Å². The number of amides is 1. The second-order valence-corrected chi connectivity index (χ2v) is 5.44. The zero-order chi connectivity index (χ0) is 12.4. The van der Waals surface area contributed by atoms with E-state index in [0.717, 1.165) is 12.8 Å². The molecule has 0 bridgehead atoms. The molecule has 1 unspecified atom stereocenters. The summed E-state index contributed by atoms with van der Waals surface area (Å²) in [7, 11) is 0. The molecule has 0 spiro atoms. The number of benzene rings is 1. The molecule has 3 N–H and O–H groups in total. The van der Waals surface area contributed by atoms with Crippen molar-refractivity contribution in [1.82, 2.24) is 5.32 Å². The van der Waals surface area contributed by atoms with Gasteiger partial charge >= 0.3 is 0 Å². The maximum Gasteiger partial charge on any atom is 0.251 e. The van der Waals surface area contributed by atoms with Crippen molar-refractivity contribution in [2.75, 3.05) is 6.54 Å². The van der Waals surface area contributed by atoms with Gasteiger partial charge in [-0.25, -0.2) is 4.39 Å². The first-order valence-electron chi connectivity index (χ1n) is 5.58.